The average molecular weight is 313 g/mol. The number of hydrogen-bond acceptors (Lipinski definition) is 3. The second kappa shape index (κ2) is 5.28. The standard InChI is InChI=1S/C13H17BrN2O2/c14-9-4-3-5-10(12(9)18)16-11(17)8-13(15)6-1-2-7-13/h3-5,18H,1-2,6-8,15H2,(H,16,17). The fourth-order valence-electron chi connectivity index (χ4n) is 2.39. The molecular weight excluding hydrogens is 296 g/mol. The van der Waals surface area contributed by atoms with Gasteiger partial charge in [-0.1, -0.05) is 18.9 Å². The Morgan fingerprint density at radius 3 is 2.78 bits per heavy atom. The number of phenols is 1. The fourth-order valence-corrected chi connectivity index (χ4v) is 2.75. The largest absolute Gasteiger partial charge is 0.505 e. The van der Waals surface area contributed by atoms with Crippen molar-refractivity contribution in [2.75, 3.05) is 5.32 Å². The molecule has 1 aromatic rings. The lowest BCUT2D eigenvalue weighted by Crippen LogP contribution is -2.40. The van der Waals surface area contributed by atoms with E-state index in [1.807, 2.05) is 0 Å². The number of benzene rings is 1. The van der Waals surface area contributed by atoms with Crippen molar-refractivity contribution in [3.63, 3.8) is 0 Å². The van der Waals surface area contributed by atoms with Crippen LogP contribution in [0, 0.1) is 0 Å². The minimum absolute atomic E-state index is 0.0448. The first-order valence-corrected chi connectivity index (χ1v) is 6.86. The molecule has 1 aliphatic rings. The van der Waals surface area contributed by atoms with Crippen molar-refractivity contribution in [3.8, 4) is 5.75 Å². The van der Waals surface area contributed by atoms with Crippen molar-refractivity contribution in [3.05, 3.63) is 22.7 Å². The summed E-state index contributed by atoms with van der Waals surface area (Å²) in [6.45, 7) is 0. The van der Waals surface area contributed by atoms with Gasteiger partial charge in [-0.2, -0.15) is 0 Å². The number of rotatable bonds is 3. The first-order chi connectivity index (χ1) is 8.50. The zero-order valence-corrected chi connectivity index (χ0v) is 11.7. The van der Waals surface area contributed by atoms with Crippen LogP contribution < -0.4 is 11.1 Å². The quantitative estimate of drug-likeness (QED) is 0.751. The lowest BCUT2D eigenvalue weighted by molar-refractivity contribution is -0.117. The number of para-hydroxylation sites is 1. The first-order valence-electron chi connectivity index (χ1n) is 6.06. The Morgan fingerprint density at radius 2 is 2.11 bits per heavy atom. The Morgan fingerprint density at radius 1 is 1.44 bits per heavy atom. The maximum atomic E-state index is 11.9. The van der Waals surface area contributed by atoms with Crippen molar-refractivity contribution in [1.29, 1.82) is 0 Å². The highest BCUT2D eigenvalue weighted by Gasteiger charge is 2.31. The molecule has 0 aromatic heterocycles. The number of amides is 1. The summed E-state index contributed by atoms with van der Waals surface area (Å²) in [7, 11) is 0. The van der Waals surface area contributed by atoms with Gasteiger partial charge in [0.1, 0.15) is 0 Å². The van der Waals surface area contributed by atoms with Crippen molar-refractivity contribution >= 4 is 27.5 Å². The lowest BCUT2D eigenvalue weighted by Gasteiger charge is -2.22. The number of nitrogens with one attached hydrogen (secondary N) is 1. The van der Waals surface area contributed by atoms with Gasteiger partial charge >= 0.3 is 0 Å². The molecule has 0 heterocycles. The Balaban J connectivity index is 2.01. The van der Waals surface area contributed by atoms with Crippen LogP contribution in [0.3, 0.4) is 0 Å². The minimum Gasteiger partial charge on any atom is -0.505 e. The highest BCUT2D eigenvalue weighted by Crippen LogP contribution is 2.33. The number of hydrogen-bond donors (Lipinski definition) is 3. The molecule has 0 saturated heterocycles. The number of phenolic OH excluding ortho intramolecular Hbond substituents is 1. The monoisotopic (exact) mass is 312 g/mol. The molecule has 0 aliphatic heterocycles. The van der Waals surface area contributed by atoms with E-state index in [-0.39, 0.29) is 17.2 Å². The van der Waals surface area contributed by atoms with Crippen molar-refractivity contribution < 1.29 is 9.90 Å². The molecular formula is C13H17BrN2O2. The molecule has 1 aromatic carbocycles. The minimum atomic E-state index is -0.369. The normalized spacial score (nSPS) is 17.7. The van der Waals surface area contributed by atoms with E-state index in [2.05, 4.69) is 21.2 Å². The molecule has 0 unspecified atom stereocenters. The van der Waals surface area contributed by atoms with Gasteiger partial charge < -0.3 is 16.2 Å². The summed E-state index contributed by atoms with van der Waals surface area (Å²) < 4.78 is 0.559. The van der Waals surface area contributed by atoms with Gasteiger partial charge in [0.2, 0.25) is 5.91 Å². The fraction of sp³-hybridized carbons (Fsp3) is 0.462. The van der Waals surface area contributed by atoms with Gasteiger partial charge in [0.25, 0.3) is 0 Å². The van der Waals surface area contributed by atoms with E-state index in [9.17, 15) is 9.90 Å². The van der Waals surface area contributed by atoms with E-state index in [0.717, 1.165) is 25.7 Å². The summed E-state index contributed by atoms with van der Waals surface area (Å²) in [6, 6.07) is 5.13. The Labute approximate surface area is 115 Å². The third-order valence-corrected chi connectivity index (χ3v) is 4.01. The molecule has 0 atom stereocenters. The Kier molecular flexibility index (Phi) is 3.92. The number of aromatic hydroxyl groups is 1. The molecule has 4 N–H and O–H groups in total. The van der Waals surface area contributed by atoms with Crippen LogP contribution in [0.4, 0.5) is 5.69 Å². The molecule has 18 heavy (non-hydrogen) atoms. The molecule has 4 nitrogen and oxygen atoms in total. The Hall–Kier alpha value is -1.07. The topological polar surface area (TPSA) is 75.4 Å². The van der Waals surface area contributed by atoms with Gasteiger partial charge in [-0.15, -0.1) is 0 Å². The summed E-state index contributed by atoms with van der Waals surface area (Å²) in [5.74, 6) is -0.101. The predicted octanol–water partition coefficient (Wildman–Crippen LogP) is 2.75. The average Bonchev–Trinajstić information content (AvgIpc) is 2.71. The Bertz CT molecular complexity index is 456. The molecule has 1 aliphatic carbocycles. The summed E-state index contributed by atoms with van der Waals surface area (Å²) in [6.07, 6.45) is 4.27. The van der Waals surface area contributed by atoms with E-state index in [4.69, 9.17) is 5.73 Å². The zero-order valence-electron chi connectivity index (χ0n) is 10.1. The third-order valence-electron chi connectivity index (χ3n) is 3.37. The highest BCUT2D eigenvalue weighted by atomic mass is 79.9. The molecule has 0 bridgehead atoms. The van der Waals surface area contributed by atoms with Gasteiger partial charge in [-0.3, -0.25) is 4.79 Å². The molecule has 1 saturated carbocycles. The third kappa shape index (κ3) is 3.03. The smallest absolute Gasteiger partial charge is 0.226 e. The number of anilines is 1. The van der Waals surface area contributed by atoms with Gasteiger partial charge in [0.05, 0.1) is 10.2 Å². The maximum absolute atomic E-state index is 11.9. The van der Waals surface area contributed by atoms with E-state index in [1.165, 1.54) is 0 Å². The zero-order chi connectivity index (χ0) is 13.2. The van der Waals surface area contributed by atoms with Gasteiger partial charge in [0, 0.05) is 12.0 Å². The van der Waals surface area contributed by atoms with Gasteiger partial charge in [-0.05, 0) is 40.9 Å². The van der Waals surface area contributed by atoms with E-state index in [0.29, 0.717) is 16.6 Å². The number of nitrogens with two attached hydrogens (primary N) is 1. The lowest BCUT2D eigenvalue weighted by atomic mass is 9.94. The van der Waals surface area contributed by atoms with Gasteiger partial charge in [-0.25, -0.2) is 0 Å². The maximum Gasteiger partial charge on any atom is 0.226 e. The number of carbonyl (C=O) groups is 1. The number of halogens is 1. The van der Waals surface area contributed by atoms with Crippen LogP contribution in [-0.4, -0.2) is 16.6 Å². The van der Waals surface area contributed by atoms with Crippen LogP contribution >= 0.6 is 15.9 Å². The van der Waals surface area contributed by atoms with E-state index < -0.39 is 0 Å². The van der Waals surface area contributed by atoms with Crippen LogP contribution in [0.5, 0.6) is 5.75 Å². The van der Waals surface area contributed by atoms with Crippen LogP contribution in [0.1, 0.15) is 32.1 Å². The summed E-state index contributed by atoms with van der Waals surface area (Å²) in [5.41, 5.74) is 6.19. The summed E-state index contributed by atoms with van der Waals surface area (Å²) in [4.78, 5) is 11.9. The van der Waals surface area contributed by atoms with Crippen molar-refractivity contribution in [1.82, 2.24) is 0 Å². The van der Waals surface area contributed by atoms with Crippen molar-refractivity contribution in [2.45, 2.75) is 37.6 Å². The van der Waals surface area contributed by atoms with E-state index >= 15 is 0 Å². The second-order valence-electron chi connectivity index (χ2n) is 4.93. The van der Waals surface area contributed by atoms with Crippen LogP contribution in [0.15, 0.2) is 22.7 Å². The molecule has 5 heteroatoms. The summed E-state index contributed by atoms with van der Waals surface area (Å²) in [5, 5.41) is 12.5. The van der Waals surface area contributed by atoms with Crippen LogP contribution in [0.2, 0.25) is 0 Å². The SMILES string of the molecule is NC1(CC(=O)Nc2cccc(Br)c2O)CCCC1. The van der Waals surface area contributed by atoms with Crippen LogP contribution in [-0.2, 0) is 4.79 Å². The summed E-state index contributed by atoms with van der Waals surface area (Å²) >= 11 is 3.21. The predicted molar refractivity (Wildman–Crippen MR) is 74.4 cm³/mol. The first kappa shape index (κ1) is 13.4. The van der Waals surface area contributed by atoms with Crippen molar-refractivity contribution in [2.24, 2.45) is 5.73 Å². The molecule has 98 valence electrons. The molecule has 2 rings (SSSR count). The molecule has 0 spiro atoms. The molecule has 0 radical (unpaired) electrons. The molecule has 1 fully saturated rings. The number of carbonyl (C=O) groups excluding carboxylic acids is 1. The molecule has 1 amide bonds. The van der Waals surface area contributed by atoms with Gasteiger partial charge in [0.15, 0.2) is 5.75 Å². The highest BCUT2D eigenvalue weighted by molar-refractivity contribution is 9.10. The van der Waals surface area contributed by atoms with Crippen LogP contribution in [0.25, 0.3) is 0 Å². The van der Waals surface area contributed by atoms with E-state index in [1.54, 1.807) is 18.2 Å². The second-order valence-corrected chi connectivity index (χ2v) is 5.78.